The number of nitrogens with zero attached hydrogens (tertiary/aromatic N) is 2. The lowest BCUT2D eigenvalue weighted by atomic mass is 10.3. The van der Waals surface area contributed by atoms with Crippen molar-refractivity contribution in [1.29, 1.82) is 0 Å². The zero-order valence-corrected chi connectivity index (χ0v) is 17.1. The second kappa shape index (κ2) is 17.3. The first kappa shape index (κ1) is 22.0. The average Bonchev–Trinajstić information content (AvgIpc) is 2.51. The topological polar surface area (TPSA) is 6.48 Å². The normalized spacial score (nSPS) is 11.7. The molecule has 0 rings (SSSR count). The first-order valence-electron chi connectivity index (χ1n) is 8.79. The van der Waals surface area contributed by atoms with Gasteiger partial charge in [-0.2, -0.15) is 0 Å². The Labute approximate surface area is 145 Å². The van der Waals surface area contributed by atoms with Gasteiger partial charge in [-0.3, -0.25) is 0 Å². The fourth-order valence-corrected chi connectivity index (χ4v) is 6.11. The predicted octanol–water partition coefficient (Wildman–Crippen LogP) is 6.65. The van der Waals surface area contributed by atoms with Crippen LogP contribution < -0.4 is 0 Å². The molecule has 0 aromatic heterocycles. The predicted molar refractivity (Wildman–Crippen MR) is 106 cm³/mol. The van der Waals surface area contributed by atoms with Crippen molar-refractivity contribution >= 4 is 31.8 Å². The third kappa shape index (κ3) is 14.3. The molecule has 0 heterocycles. The molecule has 0 amide bonds. The average molecular weight is 353 g/mol. The monoisotopic (exact) mass is 352 g/mol. The van der Waals surface area contributed by atoms with E-state index in [9.17, 15) is 0 Å². The van der Waals surface area contributed by atoms with Gasteiger partial charge in [-0.05, 0) is 25.7 Å². The van der Waals surface area contributed by atoms with E-state index in [1.54, 1.807) is 0 Å². The number of rotatable bonds is 16. The van der Waals surface area contributed by atoms with E-state index in [1.807, 2.05) is 31.8 Å². The molecule has 0 radical (unpaired) electrons. The molecule has 5 heteroatoms. The standard InChI is InChI=1S/C16H36N2S3/c1-5-9-13-17(14-10-6-2)19-21-20-18(15-11-7-3)16-12-8-4/h5-16H2,1-4H3. The van der Waals surface area contributed by atoms with E-state index in [4.69, 9.17) is 0 Å². The van der Waals surface area contributed by atoms with Crippen LogP contribution in [0.15, 0.2) is 0 Å². The van der Waals surface area contributed by atoms with Crippen molar-refractivity contribution in [2.45, 2.75) is 79.1 Å². The van der Waals surface area contributed by atoms with Gasteiger partial charge in [0.15, 0.2) is 0 Å². The summed E-state index contributed by atoms with van der Waals surface area (Å²) in [6, 6.07) is 0. The van der Waals surface area contributed by atoms with Crippen molar-refractivity contribution in [3.63, 3.8) is 0 Å². The molecule has 0 aliphatic rings. The van der Waals surface area contributed by atoms with Crippen molar-refractivity contribution in [3.8, 4) is 0 Å². The third-order valence-corrected chi connectivity index (χ3v) is 7.32. The van der Waals surface area contributed by atoms with Gasteiger partial charge in [0.2, 0.25) is 0 Å². The molecule has 0 bridgehead atoms. The summed E-state index contributed by atoms with van der Waals surface area (Å²) in [6.45, 7) is 14.1. The van der Waals surface area contributed by atoms with Crippen LogP contribution in [-0.2, 0) is 0 Å². The molecule has 128 valence electrons. The second-order valence-electron chi connectivity index (χ2n) is 5.49. The van der Waals surface area contributed by atoms with Gasteiger partial charge >= 0.3 is 0 Å². The molecule has 0 aliphatic carbocycles. The van der Waals surface area contributed by atoms with Crippen molar-refractivity contribution in [2.24, 2.45) is 0 Å². The van der Waals surface area contributed by atoms with Gasteiger partial charge in [0.05, 0.1) is 0 Å². The number of unbranched alkanes of at least 4 members (excludes halogenated alkanes) is 4. The smallest absolute Gasteiger partial charge is 0.00974 e. The number of hydrogen-bond acceptors (Lipinski definition) is 5. The van der Waals surface area contributed by atoms with Crippen LogP contribution in [0.5, 0.6) is 0 Å². The molecule has 0 unspecified atom stereocenters. The summed E-state index contributed by atoms with van der Waals surface area (Å²) >= 11 is 0. The minimum Gasteiger partial charge on any atom is -0.241 e. The summed E-state index contributed by atoms with van der Waals surface area (Å²) in [4.78, 5) is 0. The maximum Gasteiger partial charge on any atom is 0.00974 e. The lowest BCUT2D eigenvalue weighted by Crippen LogP contribution is -2.19. The van der Waals surface area contributed by atoms with Gasteiger partial charge in [-0.25, -0.2) is 8.61 Å². The van der Waals surface area contributed by atoms with Crippen LogP contribution >= 0.6 is 31.8 Å². The number of hydrogen-bond donors (Lipinski definition) is 0. The van der Waals surface area contributed by atoms with E-state index in [0.29, 0.717) is 0 Å². The Balaban J connectivity index is 3.96. The van der Waals surface area contributed by atoms with Gasteiger partial charge in [-0.15, -0.1) is 0 Å². The van der Waals surface area contributed by atoms with E-state index in [1.165, 1.54) is 77.5 Å². The summed E-state index contributed by atoms with van der Waals surface area (Å²) in [5, 5.41) is 0. The Kier molecular flexibility index (Phi) is 18.1. The zero-order valence-electron chi connectivity index (χ0n) is 14.6. The SMILES string of the molecule is CCCCN(CCCC)SSSN(CCCC)CCCC. The molecule has 2 nitrogen and oxygen atoms in total. The highest BCUT2D eigenvalue weighted by atomic mass is 33.5. The van der Waals surface area contributed by atoms with E-state index in [-0.39, 0.29) is 0 Å². The molecular formula is C16H36N2S3. The lowest BCUT2D eigenvalue weighted by molar-refractivity contribution is 0.447. The van der Waals surface area contributed by atoms with Crippen LogP contribution in [0.1, 0.15) is 79.1 Å². The van der Waals surface area contributed by atoms with Crippen molar-refractivity contribution in [3.05, 3.63) is 0 Å². The fourth-order valence-electron chi connectivity index (χ4n) is 1.81. The van der Waals surface area contributed by atoms with Gasteiger partial charge in [0.1, 0.15) is 0 Å². The minimum absolute atomic E-state index is 1.23. The molecule has 0 saturated heterocycles. The van der Waals surface area contributed by atoms with Gasteiger partial charge in [0.25, 0.3) is 0 Å². The summed E-state index contributed by atoms with van der Waals surface area (Å²) in [5.41, 5.74) is 0. The molecule has 0 fully saturated rings. The van der Waals surface area contributed by atoms with Crippen molar-refractivity contribution in [2.75, 3.05) is 26.2 Å². The minimum atomic E-state index is 1.23. The van der Waals surface area contributed by atoms with Crippen LogP contribution in [0, 0.1) is 0 Å². The fraction of sp³-hybridized carbons (Fsp3) is 1.00. The Hall–Kier alpha value is 0.970. The van der Waals surface area contributed by atoms with Crippen LogP contribution in [0.25, 0.3) is 0 Å². The molecule has 0 N–H and O–H groups in total. The molecule has 0 atom stereocenters. The maximum absolute atomic E-state index is 2.56. The molecule has 0 aromatic rings. The van der Waals surface area contributed by atoms with Crippen molar-refractivity contribution < 1.29 is 0 Å². The van der Waals surface area contributed by atoms with Crippen LogP contribution in [0.2, 0.25) is 0 Å². The first-order chi connectivity index (χ1) is 10.3. The summed E-state index contributed by atoms with van der Waals surface area (Å²) in [6.07, 6.45) is 10.4. The lowest BCUT2D eigenvalue weighted by Gasteiger charge is -2.23. The van der Waals surface area contributed by atoms with E-state index in [2.05, 4.69) is 36.3 Å². The first-order valence-corrected chi connectivity index (χ1v) is 12.2. The molecule has 0 saturated carbocycles. The Morgan fingerprint density at radius 3 is 1.05 bits per heavy atom. The molecule has 21 heavy (non-hydrogen) atoms. The van der Waals surface area contributed by atoms with E-state index in [0.717, 1.165) is 0 Å². The largest absolute Gasteiger partial charge is 0.241 e. The molecular weight excluding hydrogens is 316 g/mol. The maximum atomic E-state index is 2.56. The van der Waals surface area contributed by atoms with Crippen molar-refractivity contribution in [1.82, 2.24) is 8.61 Å². The second-order valence-corrected chi connectivity index (χ2v) is 9.48. The summed E-state index contributed by atoms with van der Waals surface area (Å²) in [5.74, 6) is 0. The van der Waals surface area contributed by atoms with E-state index < -0.39 is 0 Å². The Bertz CT molecular complexity index is 170. The highest BCUT2D eigenvalue weighted by Crippen LogP contribution is 2.39. The van der Waals surface area contributed by atoms with Crippen LogP contribution in [0.4, 0.5) is 0 Å². The Morgan fingerprint density at radius 1 is 0.524 bits per heavy atom. The molecule has 0 aromatic carbocycles. The highest BCUT2D eigenvalue weighted by Gasteiger charge is 2.09. The molecule has 0 aliphatic heterocycles. The molecule has 0 spiro atoms. The Morgan fingerprint density at radius 2 is 0.810 bits per heavy atom. The van der Waals surface area contributed by atoms with E-state index >= 15 is 0 Å². The van der Waals surface area contributed by atoms with Gasteiger partial charge in [0, 0.05) is 58.0 Å². The van der Waals surface area contributed by atoms with Crippen LogP contribution in [0.3, 0.4) is 0 Å². The quantitative estimate of drug-likeness (QED) is 0.226. The highest BCUT2D eigenvalue weighted by molar-refractivity contribution is 9.08. The summed E-state index contributed by atoms with van der Waals surface area (Å²) < 4.78 is 5.12. The third-order valence-electron chi connectivity index (χ3n) is 3.32. The summed E-state index contributed by atoms with van der Waals surface area (Å²) in [7, 11) is 5.89. The van der Waals surface area contributed by atoms with Crippen LogP contribution in [-0.4, -0.2) is 34.8 Å². The van der Waals surface area contributed by atoms with Gasteiger partial charge < -0.3 is 0 Å². The van der Waals surface area contributed by atoms with Gasteiger partial charge in [-0.1, -0.05) is 53.4 Å². The zero-order chi connectivity index (χ0) is 15.8.